The molecule has 0 atom stereocenters. The maximum Gasteiger partial charge on any atom is 0.417 e. The Bertz CT molecular complexity index is 1510. The average molecular weight is 853 g/mol. The average Bonchev–Trinajstić information content (AvgIpc) is 3.65. The number of ether oxygens (including phenoxy) is 3. The third-order valence-corrected chi connectivity index (χ3v) is 7.82. The van der Waals surface area contributed by atoms with Crippen molar-refractivity contribution < 1.29 is 51.0 Å². The zero-order valence-electron chi connectivity index (χ0n) is 31.8. The Morgan fingerprint density at radius 3 is 1.75 bits per heavy atom. The molecule has 2 aromatic carbocycles. The van der Waals surface area contributed by atoms with Crippen LogP contribution in [0.4, 0.5) is 27.2 Å². The fraction of sp³-hybridized carbons (Fsp3) is 0.579. The molecule has 1 N–H and O–H groups in total. The van der Waals surface area contributed by atoms with Crippen molar-refractivity contribution >= 4 is 46.5 Å². The molecule has 14 heteroatoms. The zero-order chi connectivity index (χ0) is 40.1. The number of hydrogen-bond acceptors (Lipinski definition) is 7. The van der Waals surface area contributed by atoms with Crippen LogP contribution in [0.3, 0.4) is 0 Å². The summed E-state index contributed by atoms with van der Waals surface area (Å²) in [6.07, 6.45) is 3.01. The molecule has 9 nitrogen and oxygen atoms in total. The van der Waals surface area contributed by atoms with Crippen LogP contribution in [0.25, 0.3) is 0 Å². The second-order valence-corrected chi connectivity index (χ2v) is 16.7. The largest absolute Gasteiger partial charge is 0.444 e. The van der Waals surface area contributed by atoms with E-state index in [1.165, 1.54) is 29.9 Å². The number of nitrogens with one attached hydrogen (secondary N) is 1. The van der Waals surface area contributed by atoms with Gasteiger partial charge in [0.15, 0.2) is 29.1 Å². The number of amides is 3. The van der Waals surface area contributed by atoms with E-state index < -0.39 is 57.7 Å². The summed E-state index contributed by atoms with van der Waals surface area (Å²) in [5, 5.41) is 2.69. The van der Waals surface area contributed by atoms with Crippen molar-refractivity contribution in [3.05, 3.63) is 68.8 Å². The number of hydrogen-bond donors (Lipinski definition) is 1. The molecule has 0 unspecified atom stereocenters. The Kier molecular flexibility index (Phi) is 18.2. The highest BCUT2D eigenvalue weighted by molar-refractivity contribution is 14.1. The monoisotopic (exact) mass is 852 g/mol. The molecule has 292 valence electrons. The highest BCUT2D eigenvalue weighted by Crippen LogP contribution is 2.31. The molecule has 2 fully saturated rings. The molecule has 0 saturated carbocycles. The van der Waals surface area contributed by atoms with E-state index in [9.17, 15) is 36.7 Å². The number of ketones is 1. The minimum absolute atomic E-state index is 0.0911. The van der Waals surface area contributed by atoms with Gasteiger partial charge in [0.2, 0.25) is 5.91 Å². The van der Waals surface area contributed by atoms with Crippen molar-refractivity contribution in [2.24, 2.45) is 0 Å². The van der Waals surface area contributed by atoms with E-state index in [-0.39, 0.29) is 23.7 Å². The second kappa shape index (κ2) is 20.3. The lowest BCUT2D eigenvalue weighted by Gasteiger charge is -2.31. The van der Waals surface area contributed by atoms with Crippen molar-refractivity contribution in [1.82, 2.24) is 10.2 Å². The number of alkyl carbamates (subject to hydrolysis) is 1. The number of imide groups is 1. The van der Waals surface area contributed by atoms with Crippen molar-refractivity contribution in [1.29, 1.82) is 0 Å². The number of rotatable bonds is 5. The number of likely N-dealkylation sites (tertiary alicyclic amines) is 1. The van der Waals surface area contributed by atoms with Gasteiger partial charge in [-0.2, -0.15) is 0 Å². The van der Waals surface area contributed by atoms with E-state index in [1.54, 1.807) is 55.4 Å². The lowest BCUT2D eigenvalue weighted by molar-refractivity contribution is -0.129. The lowest BCUT2D eigenvalue weighted by atomic mass is 9.95. The molecule has 0 bridgehead atoms. The number of carbonyl (C=O) groups is 4. The van der Waals surface area contributed by atoms with Gasteiger partial charge in [-0.05, 0) is 154 Å². The molecule has 2 saturated heterocycles. The van der Waals surface area contributed by atoms with Crippen LogP contribution < -0.4 is 5.32 Å². The molecule has 0 spiro atoms. The molecule has 0 aliphatic carbocycles. The summed E-state index contributed by atoms with van der Waals surface area (Å²) >= 11 is 1.92. The molecular weight excluding hydrogens is 799 g/mol. The predicted molar refractivity (Wildman–Crippen MR) is 199 cm³/mol. The predicted octanol–water partition coefficient (Wildman–Crippen LogP) is 9.92. The molecule has 4 rings (SSSR count). The molecule has 52 heavy (non-hydrogen) atoms. The van der Waals surface area contributed by atoms with Crippen molar-refractivity contribution in [3.8, 4) is 0 Å². The summed E-state index contributed by atoms with van der Waals surface area (Å²) in [4.78, 5) is 48.3. The number of carbonyl (C=O) groups excluding carboxylic acids is 4. The zero-order valence-corrected chi connectivity index (χ0v) is 34.0. The smallest absolute Gasteiger partial charge is 0.417 e. The van der Waals surface area contributed by atoms with Crippen LogP contribution in [0.5, 0.6) is 0 Å². The van der Waals surface area contributed by atoms with Gasteiger partial charge in [-0.15, -0.1) is 0 Å². The van der Waals surface area contributed by atoms with Crippen molar-refractivity contribution in [3.63, 3.8) is 0 Å². The van der Waals surface area contributed by atoms with Crippen LogP contribution in [-0.4, -0.2) is 64.3 Å². The van der Waals surface area contributed by atoms with E-state index >= 15 is 0 Å². The molecule has 0 radical (unpaired) electrons. The van der Waals surface area contributed by atoms with Gasteiger partial charge in [-0.25, -0.2) is 32.1 Å². The third-order valence-electron chi connectivity index (χ3n) is 7.15. The number of benzene rings is 2. The first-order valence-electron chi connectivity index (χ1n) is 17.0. The van der Waals surface area contributed by atoms with Gasteiger partial charge in [0.25, 0.3) is 0 Å². The van der Waals surface area contributed by atoms with Crippen LogP contribution in [0, 0.1) is 26.8 Å². The highest BCUT2D eigenvalue weighted by atomic mass is 127. The Labute approximate surface area is 318 Å². The van der Waals surface area contributed by atoms with E-state index in [1.807, 2.05) is 36.4 Å². The second-order valence-electron chi connectivity index (χ2n) is 15.5. The van der Waals surface area contributed by atoms with Gasteiger partial charge >= 0.3 is 12.2 Å². The normalized spacial score (nSPS) is 15.2. The topological polar surface area (TPSA) is 111 Å². The van der Waals surface area contributed by atoms with E-state index in [4.69, 9.17) is 14.2 Å². The fourth-order valence-corrected chi connectivity index (χ4v) is 4.95. The summed E-state index contributed by atoms with van der Waals surface area (Å²) < 4.78 is 66.3. The quantitative estimate of drug-likeness (QED) is 0.138. The van der Waals surface area contributed by atoms with Crippen molar-refractivity contribution in [2.75, 3.05) is 13.2 Å². The maximum absolute atomic E-state index is 13.1. The standard InChI is InChI=1S/C17H23F2NO3.C11H19NO3.C6H3F2I.C4H8O/c1-16(2,3)23-15(22)20-17(4,5)9-8-14(21)11-6-7-12(18)13(19)10-11;1-10(2,3)15-9(14)12-8(13)6-7-11(12,4)5;7-5-2-1-4(9)3-6(5)8;1-2-4-5-3-1/h6-7,10H,8-9H2,1-5H3,(H,20,22);6-7H2,1-5H3;1-3H;1-4H2. The van der Waals surface area contributed by atoms with Gasteiger partial charge in [0.1, 0.15) is 11.2 Å². The summed E-state index contributed by atoms with van der Waals surface area (Å²) in [6, 6.07) is 6.82. The Morgan fingerprint density at radius 2 is 1.35 bits per heavy atom. The Morgan fingerprint density at radius 1 is 0.827 bits per heavy atom. The van der Waals surface area contributed by atoms with Crippen LogP contribution >= 0.6 is 22.6 Å². The molecule has 0 aromatic heterocycles. The van der Waals surface area contributed by atoms with E-state index in [0.717, 1.165) is 37.5 Å². The summed E-state index contributed by atoms with van der Waals surface area (Å²) in [5.74, 6) is -4.09. The Hall–Kier alpha value is -3.27. The summed E-state index contributed by atoms with van der Waals surface area (Å²) in [5.41, 5.74) is -2.15. The molecule has 2 aliphatic heterocycles. The maximum atomic E-state index is 13.1. The van der Waals surface area contributed by atoms with Gasteiger partial charge < -0.3 is 19.5 Å². The van der Waals surface area contributed by atoms with Gasteiger partial charge in [-0.1, -0.05) is 0 Å². The van der Waals surface area contributed by atoms with Crippen LogP contribution in [-0.2, 0) is 19.0 Å². The summed E-state index contributed by atoms with van der Waals surface area (Å²) in [6.45, 7) is 19.9. The first kappa shape index (κ1) is 46.8. The highest BCUT2D eigenvalue weighted by Gasteiger charge is 2.43. The SMILES string of the molecule is C1CCOC1.CC(C)(C)OC(=O)N1C(=O)CCC1(C)C.CC(C)(CCC(=O)c1ccc(F)c(F)c1)NC(=O)OC(C)(C)C.Fc1ccc(I)cc1F. The molecular formula is C38H53F4IN2O7. The number of Topliss-reactive ketones (excluding diaryl/α,β-unsaturated/α-hetero) is 1. The van der Waals surface area contributed by atoms with Crippen molar-refractivity contribution in [2.45, 2.75) is 130 Å². The van der Waals surface area contributed by atoms with E-state index in [0.29, 0.717) is 22.8 Å². The van der Waals surface area contributed by atoms with Crippen LogP contribution in [0.15, 0.2) is 36.4 Å². The Balaban J connectivity index is 0.000000394. The van der Waals surface area contributed by atoms with Crippen LogP contribution in [0.1, 0.15) is 118 Å². The number of nitrogens with zero attached hydrogens (tertiary/aromatic N) is 1. The number of halogens is 5. The molecule has 2 heterocycles. The minimum Gasteiger partial charge on any atom is -0.444 e. The van der Waals surface area contributed by atoms with Gasteiger partial charge in [0.05, 0.1) is 0 Å². The molecule has 2 aromatic rings. The third kappa shape index (κ3) is 18.5. The van der Waals surface area contributed by atoms with Crippen LogP contribution in [0.2, 0.25) is 0 Å². The minimum atomic E-state index is -1.05. The van der Waals surface area contributed by atoms with Gasteiger partial charge in [-0.3, -0.25) is 9.59 Å². The van der Waals surface area contributed by atoms with E-state index in [2.05, 4.69) is 5.32 Å². The summed E-state index contributed by atoms with van der Waals surface area (Å²) in [7, 11) is 0. The lowest BCUT2D eigenvalue weighted by Crippen LogP contribution is -2.47. The fourth-order valence-electron chi connectivity index (χ4n) is 4.49. The molecule has 3 amide bonds. The first-order chi connectivity index (χ1) is 23.7. The first-order valence-corrected chi connectivity index (χ1v) is 18.0. The molecule has 2 aliphatic rings. The van der Waals surface area contributed by atoms with Gasteiger partial charge in [0, 0.05) is 46.3 Å².